The maximum atomic E-state index is 12.7. The van der Waals surface area contributed by atoms with Gasteiger partial charge in [0, 0.05) is 19.7 Å². The minimum absolute atomic E-state index is 0.0658. The van der Waals surface area contributed by atoms with Crippen molar-refractivity contribution in [2.45, 2.75) is 37.4 Å². The van der Waals surface area contributed by atoms with E-state index in [2.05, 4.69) is 4.74 Å². The molecule has 1 atom stereocenters. The lowest BCUT2D eigenvalue weighted by atomic mass is 10.2. The van der Waals surface area contributed by atoms with E-state index >= 15 is 0 Å². The number of sulfonamides is 1. The summed E-state index contributed by atoms with van der Waals surface area (Å²) in [5, 5.41) is -0.181. The van der Waals surface area contributed by atoms with Crippen molar-refractivity contribution in [1.29, 1.82) is 0 Å². The molecule has 2 rings (SSSR count). The van der Waals surface area contributed by atoms with Gasteiger partial charge in [-0.1, -0.05) is 18.5 Å². The van der Waals surface area contributed by atoms with Gasteiger partial charge in [-0.05, 0) is 31.0 Å². The third-order valence-electron chi connectivity index (χ3n) is 3.54. The Labute approximate surface area is 139 Å². The Morgan fingerprint density at radius 3 is 2.74 bits per heavy atom. The molecule has 23 heavy (non-hydrogen) atoms. The van der Waals surface area contributed by atoms with Crippen molar-refractivity contribution in [3.63, 3.8) is 0 Å². The lowest BCUT2D eigenvalue weighted by molar-refractivity contribution is -0.0498. The molecule has 0 amide bonds. The molecule has 1 aromatic carbocycles. The largest absolute Gasteiger partial charge is 0.433 e. The first kappa shape index (κ1) is 18.4. The van der Waals surface area contributed by atoms with Crippen LogP contribution in [0.1, 0.15) is 19.8 Å². The van der Waals surface area contributed by atoms with Gasteiger partial charge in [-0.25, -0.2) is 8.42 Å². The highest BCUT2D eigenvalue weighted by Crippen LogP contribution is 2.30. The van der Waals surface area contributed by atoms with Crippen LogP contribution < -0.4 is 4.74 Å². The molecule has 1 fully saturated rings. The van der Waals surface area contributed by atoms with E-state index in [1.165, 1.54) is 10.4 Å². The molecule has 0 radical (unpaired) electrons. The van der Waals surface area contributed by atoms with Crippen molar-refractivity contribution in [2.24, 2.45) is 0 Å². The Kier molecular flexibility index (Phi) is 6.19. The van der Waals surface area contributed by atoms with Gasteiger partial charge in [0.2, 0.25) is 10.0 Å². The fourth-order valence-electron chi connectivity index (χ4n) is 2.40. The Morgan fingerprint density at radius 2 is 2.22 bits per heavy atom. The zero-order valence-corrected chi connectivity index (χ0v) is 14.1. The van der Waals surface area contributed by atoms with Crippen molar-refractivity contribution in [2.75, 3.05) is 19.7 Å². The van der Waals surface area contributed by atoms with Crippen LogP contribution in [0.15, 0.2) is 23.1 Å². The summed E-state index contributed by atoms with van der Waals surface area (Å²) in [5.41, 5.74) is 0. The summed E-state index contributed by atoms with van der Waals surface area (Å²) in [4.78, 5) is -0.0658. The minimum atomic E-state index is -3.78. The molecule has 0 bridgehead atoms. The normalized spacial score (nSPS) is 18.8. The van der Waals surface area contributed by atoms with Gasteiger partial charge in [0.15, 0.2) is 0 Å². The average molecular weight is 370 g/mol. The zero-order valence-electron chi connectivity index (χ0n) is 12.5. The summed E-state index contributed by atoms with van der Waals surface area (Å²) in [6, 6.07) is 3.45. The summed E-state index contributed by atoms with van der Waals surface area (Å²) in [7, 11) is -3.78. The van der Waals surface area contributed by atoms with Gasteiger partial charge in [0.05, 0.1) is 16.0 Å². The molecule has 9 heteroatoms. The molecule has 0 aliphatic carbocycles. The Morgan fingerprint density at radius 1 is 1.48 bits per heavy atom. The highest BCUT2D eigenvalue weighted by atomic mass is 35.5. The molecule has 0 N–H and O–H groups in total. The van der Waals surface area contributed by atoms with E-state index in [-0.39, 0.29) is 34.9 Å². The maximum Gasteiger partial charge on any atom is 0.387 e. The number of hydrogen-bond donors (Lipinski definition) is 0. The SMILES string of the molecule is CCN(C[C@H]1CCCO1)S(=O)(=O)c1ccc(OC(F)F)c(Cl)c1. The van der Waals surface area contributed by atoms with Gasteiger partial charge in [0.1, 0.15) is 5.75 Å². The second-order valence-electron chi connectivity index (χ2n) is 5.06. The van der Waals surface area contributed by atoms with Gasteiger partial charge in [-0.3, -0.25) is 0 Å². The van der Waals surface area contributed by atoms with Crippen LogP contribution in [-0.4, -0.2) is 45.1 Å². The summed E-state index contributed by atoms with van der Waals surface area (Å²) >= 11 is 5.83. The fourth-order valence-corrected chi connectivity index (χ4v) is 4.19. The van der Waals surface area contributed by atoms with Crippen LogP contribution in [0, 0.1) is 0 Å². The standard InChI is InChI=1S/C14H18ClF2NO4S/c1-2-18(9-10-4-3-7-21-10)23(19,20)11-5-6-13(12(15)8-11)22-14(16)17/h5-6,8,10,14H,2-4,7,9H2,1H3/t10-/m1/s1. The number of halogens is 3. The monoisotopic (exact) mass is 369 g/mol. The first-order chi connectivity index (χ1) is 10.8. The molecule has 0 saturated carbocycles. The minimum Gasteiger partial charge on any atom is -0.433 e. The van der Waals surface area contributed by atoms with E-state index in [1.54, 1.807) is 6.92 Å². The summed E-state index contributed by atoms with van der Waals surface area (Å²) in [5.74, 6) is -0.261. The molecule has 1 aliphatic heterocycles. The van der Waals surface area contributed by atoms with E-state index in [1.807, 2.05) is 0 Å². The number of nitrogens with zero attached hydrogens (tertiary/aromatic N) is 1. The van der Waals surface area contributed by atoms with E-state index in [4.69, 9.17) is 16.3 Å². The number of benzene rings is 1. The van der Waals surface area contributed by atoms with Crippen LogP contribution in [0.2, 0.25) is 5.02 Å². The zero-order chi connectivity index (χ0) is 17.0. The summed E-state index contributed by atoms with van der Waals surface area (Å²) in [6.07, 6.45) is 1.60. The molecule has 5 nitrogen and oxygen atoms in total. The topological polar surface area (TPSA) is 55.8 Å². The van der Waals surface area contributed by atoms with Crippen LogP contribution in [0.5, 0.6) is 5.75 Å². The fraction of sp³-hybridized carbons (Fsp3) is 0.571. The molecular weight excluding hydrogens is 352 g/mol. The number of alkyl halides is 2. The summed E-state index contributed by atoms with van der Waals surface area (Å²) < 4.78 is 60.7. The second-order valence-corrected chi connectivity index (χ2v) is 7.41. The Hall–Kier alpha value is -0.960. The first-order valence-electron chi connectivity index (χ1n) is 7.20. The highest BCUT2D eigenvalue weighted by molar-refractivity contribution is 7.89. The van der Waals surface area contributed by atoms with Gasteiger partial charge in [-0.2, -0.15) is 13.1 Å². The number of rotatable bonds is 7. The predicted molar refractivity (Wildman–Crippen MR) is 81.5 cm³/mol. The van der Waals surface area contributed by atoms with E-state index in [0.29, 0.717) is 6.61 Å². The van der Waals surface area contributed by atoms with Crippen LogP contribution in [-0.2, 0) is 14.8 Å². The molecule has 1 heterocycles. The summed E-state index contributed by atoms with van der Waals surface area (Å²) in [6.45, 7) is -0.140. The van der Waals surface area contributed by atoms with Gasteiger partial charge >= 0.3 is 6.61 Å². The Bertz CT molecular complexity index is 636. The molecule has 1 aromatic rings. The van der Waals surface area contributed by atoms with Gasteiger partial charge < -0.3 is 9.47 Å². The van der Waals surface area contributed by atoms with Crippen molar-refractivity contribution in [3.8, 4) is 5.75 Å². The molecule has 1 aliphatic rings. The van der Waals surface area contributed by atoms with Crippen molar-refractivity contribution in [1.82, 2.24) is 4.31 Å². The molecule has 130 valence electrons. The van der Waals surface area contributed by atoms with Crippen LogP contribution >= 0.6 is 11.6 Å². The first-order valence-corrected chi connectivity index (χ1v) is 9.02. The smallest absolute Gasteiger partial charge is 0.387 e. The maximum absolute atomic E-state index is 12.7. The molecular formula is C14H18ClF2NO4S. The lowest BCUT2D eigenvalue weighted by Crippen LogP contribution is -2.37. The molecule has 0 spiro atoms. The third-order valence-corrected chi connectivity index (χ3v) is 5.77. The predicted octanol–water partition coefficient (Wildman–Crippen LogP) is 3.13. The van der Waals surface area contributed by atoms with Crippen LogP contribution in [0.25, 0.3) is 0 Å². The lowest BCUT2D eigenvalue weighted by Gasteiger charge is -2.23. The van der Waals surface area contributed by atoms with E-state index < -0.39 is 16.6 Å². The van der Waals surface area contributed by atoms with Gasteiger partial charge in [0.25, 0.3) is 0 Å². The van der Waals surface area contributed by atoms with E-state index in [0.717, 1.165) is 25.0 Å². The molecule has 0 unspecified atom stereocenters. The van der Waals surface area contributed by atoms with E-state index in [9.17, 15) is 17.2 Å². The number of hydrogen-bond acceptors (Lipinski definition) is 4. The van der Waals surface area contributed by atoms with Gasteiger partial charge in [-0.15, -0.1) is 0 Å². The average Bonchev–Trinajstić information content (AvgIpc) is 2.99. The quantitative estimate of drug-likeness (QED) is 0.741. The number of likely N-dealkylation sites (N-methyl/N-ethyl adjacent to an activating group) is 1. The van der Waals surface area contributed by atoms with Crippen LogP contribution in [0.3, 0.4) is 0 Å². The molecule has 0 aromatic heterocycles. The molecule has 1 saturated heterocycles. The Balaban J connectivity index is 2.21. The number of ether oxygens (including phenoxy) is 2. The van der Waals surface area contributed by atoms with Crippen molar-refractivity contribution >= 4 is 21.6 Å². The van der Waals surface area contributed by atoms with Crippen molar-refractivity contribution in [3.05, 3.63) is 23.2 Å². The third kappa shape index (κ3) is 4.53. The second kappa shape index (κ2) is 7.74. The highest BCUT2D eigenvalue weighted by Gasteiger charge is 2.28. The van der Waals surface area contributed by atoms with Crippen LogP contribution in [0.4, 0.5) is 8.78 Å². The van der Waals surface area contributed by atoms with Crippen molar-refractivity contribution < 1.29 is 26.7 Å².